The first-order valence-corrected chi connectivity index (χ1v) is 9.54. The SMILES string of the molecule is CCCn1nc(N(Cc2cc(C(C)C)on2)S(C)(=O)=O)cc1C. The molecule has 2 rings (SSSR count). The van der Waals surface area contributed by atoms with Crippen molar-refractivity contribution in [1.82, 2.24) is 14.9 Å². The molecule has 0 radical (unpaired) electrons. The van der Waals surface area contributed by atoms with E-state index in [0.29, 0.717) is 11.5 Å². The van der Waals surface area contributed by atoms with Gasteiger partial charge in [0.25, 0.3) is 0 Å². The van der Waals surface area contributed by atoms with Crippen LogP contribution in [0.4, 0.5) is 5.82 Å². The quantitative estimate of drug-likeness (QED) is 0.774. The number of aryl methyl sites for hydroxylation is 2. The summed E-state index contributed by atoms with van der Waals surface area (Å²) in [7, 11) is -3.47. The molecule has 2 aromatic heterocycles. The Labute approximate surface area is 137 Å². The van der Waals surface area contributed by atoms with Crippen molar-refractivity contribution in [2.75, 3.05) is 10.6 Å². The van der Waals surface area contributed by atoms with E-state index in [1.807, 2.05) is 25.5 Å². The zero-order chi connectivity index (χ0) is 17.2. The average Bonchev–Trinajstić information content (AvgIpc) is 3.03. The van der Waals surface area contributed by atoms with Crippen molar-refractivity contribution in [1.29, 1.82) is 0 Å². The molecule has 0 aliphatic carbocycles. The zero-order valence-corrected chi connectivity index (χ0v) is 15.1. The molecule has 0 bridgehead atoms. The van der Waals surface area contributed by atoms with E-state index in [2.05, 4.69) is 17.2 Å². The van der Waals surface area contributed by atoms with Crippen molar-refractivity contribution in [2.24, 2.45) is 0 Å². The van der Waals surface area contributed by atoms with Gasteiger partial charge in [0.2, 0.25) is 10.0 Å². The smallest absolute Gasteiger partial charge is 0.233 e. The Morgan fingerprint density at radius 3 is 2.57 bits per heavy atom. The first-order chi connectivity index (χ1) is 10.7. The topological polar surface area (TPSA) is 81.2 Å². The van der Waals surface area contributed by atoms with E-state index in [9.17, 15) is 8.42 Å². The average molecular weight is 340 g/mol. The lowest BCUT2D eigenvalue weighted by atomic mass is 10.1. The summed E-state index contributed by atoms with van der Waals surface area (Å²) in [5.74, 6) is 1.35. The maximum absolute atomic E-state index is 12.2. The highest BCUT2D eigenvalue weighted by atomic mass is 32.2. The molecule has 128 valence electrons. The predicted octanol–water partition coefficient (Wildman–Crippen LogP) is 2.68. The number of nitrogens with zero attached hydrogens (tertiary/aromatic N) is 4. The first kappa shape index (κ1) is 17.5. The summed E-state index contributed by atoms with van der Waals surface area (Å²) in [5, 5.41) is 8.38. The van der Waals surface area contributed by atoms with Gasteiger partial charge in [-0.2, -0.15) is 5.10 Å². The highest BCUT2D eigenvalue weighted by Gasteiger charge is 2.23. The van der Waals surface area contributed by atoms with Crippen LogP contribution in [0.15, 0.2) is 16.7 Å². The minimum Gasteiger partial charge on any atom is -0.361 e. The fraction of sp³-hybridized carbons (Fsp3) is 0.600. The van der Waals surface area contributed by atoms with Crippen LogP contribution in [0, 0.1) is 6.92 Å². The Hall–Kier alpha value is -1.83. The summed E-state index contributed by atoms with van der Waals surface area (Å²) in [5.41, 5.74) is 1.50. The summed E-state index contributed by atoms with van der Waals surface area (Å²) < 4.78 is 32.7. The molecular weight excluding hydrogens is 316 g/mol. The van der Waals surface area contributed by atoms with Gasteiger partial charge in [-0.25, -0.2) is 12.7 Å². The lowest BCUT2D eigenvalue weighted by Crippen LogP contribution is -2.30. The van der Waals surface area contributed by atoms with Crippen LogP contribution >= 0.6 is 0 Å². The Bertz CT molecular complexity index is 762. The minimum atomic E-state index is -3.47. The molecule has 0 spiro atoms. The molecule has 7 nitrogen and oxygen atoms in total. The Morgan fingerprint density at radius 2 is 2.04 bits per heavy atom. The third-order valence-corrected chi connectivity index (χ3v) is 4.63. The zero-order valence-electron chi connectivity index (χ0n) is 14.3. The fourth-order valence-electron chi connectivity index (χ4n) is 2.24. The van der Waals surface area contributed by atoms with Crippen LogP contribution in [-0.4, -0.2) is 29.6 Å². The van der Waals surface area contributed by atoms with Crippen LogP contribution < -0.4 is 4.31 Å². The van der Waals surface area contributed by atoms with Crippen LogP contribution in [0.2, 0.25) is 0 Å². The lowest BCUT2D eigenvalue weighted by molar-refractivity contribution is 0.366. The summed E-state index contributed by atoms with van der Waals surface area (Å²) in [6.07, 6.45) is 2.10. The van der Waals surface area contributed by atoms with E-state index in [1.54, 1.807) is 12.1 Å². The molecule has 0 atom stereocenters. The lowest BCUT2D eigenvalue weighted by Gasteiger charge is -2.18. The number of hydrogen-bond donors (Lipinski definition) is 0. The molecule has 0 aliphatic rings. The number of hydrogen-bond acceptors (Lipinski definition) is 5. The van der Waals surface area contributed by atoms with Crippen molar-refractivity contribution in [3.8, 4) is 0 Å². The molecule has 0 saturated heterocycles. The second kappa shape index (κ2) is 6.74. The minimum absolute atomic E-state index is 0.109. The van der Waals surface area contributed by atoms with Gasteiger partial charge in [-0.3, -0.25) is 4.68 Å². The summed E-state index contributed by atoms with van der Waals surface area (Å²) in [4.78, 5) is 0. The van der Waals surface area contributed by atoms with Gasteiger partial charge in [-0.1, -0.05) is 25.9 Å². The van der Waals surface area contributed by atoms with Crippen molar-refractivity contribution in [3.05, 3.63) is 29.3 Å². The predicted molar refractivity (Wildman–Crippen MR) is 88.9 cm³/mol. The van der Waals surface area contributed by atoms with Crippen LogP contribution in [0.5, 0.6) is 0 Å². The molecule has 2 aromatic rings. The number of rotatable bonds is 7. The molecule has 0 amide bonds. The van der Waals surface area contributed by atoms with Gasteiger partial charge >= 0.3 is 0 Å². The van der Waals surface area contributed by atoms with Crippen molar-refractivity contribution in [2.45, 2.75) is 53.1 Å². The van der Waals surface area contributed by atoms with E-state index in [-0.39, 0.29) is 12.5 Å². The van der Waals surface area contributed by atoms with Gasteiger partial charge in [0, 0.05) is 30.3 Å². The number of anilines is 1. The number of sulfonamides is 1. The molecule has 0 aromatic carbocycles. The van der Waals surface area contributed by atoms with Crippen LogP contribution in [0.3, 0.4) is 0 Å². The van der Waals surface area contributed by atoms with E-state index in [0.717, 1.165) is 24.4 Å². The highest BCUT2D eigenvalue weighted by molar-refractivity contribution is 7.92. The molecule has 0 saturated carbocycles. The maximum Gasteiger partial charge on any atom is 0.233 e. The van der Waals surface area contributed by atoms with E-state index >= 15 is 0 Å². The maximum atomic E-state index is 12.2. The van der Waals surface area contributed by atoms with Gasteiger partial charge in [0.1, 0.15) is 11.5 Å². The molecule has 0 fully saturated rings. The van der Waals surface area contributed by atoms with Crippen LogP contribution in [0.25, 0.3) is 0 Å². The third-order valence-electron chi connectivity index (χ3n) is 3.51. The molecule has 8 heteroatoms. The number of aromatic nitrogens is 3. The Balaban J connectivity index is 2.32. The molecule has 23 heavy (non-hydrogen) atoms. The normalized spacial score (nSPS) is 12.1. The van der Waals surface area contributed by atoms with Crippen LogP contribution in [-0.2, 0) is 23.1 Å². The van der Waals surface area contributed by atoms with Gasteiger partial charge in [-0.15, -0.1) is 0 Å². The van der Waals surface area contributed by atoms with Gasteiger partial charge in [0.15, 0.2) is 5.82 Å². The molecule has 0 aliphatic heterocycles. The molecule has 2 heterocycles. The van der Waals surface area contributed by atoms with E-state index in [1.165, 1.54) is 10.6 Å². The molecule has 0 N–H and O–H groups in total. The second-order valence-electron chi connectivity index (χ2n) is 6.01. The third kappa shape index (κ3) is 4.13. The van der Waals surface area contributed by atoms with Gasteiger partial charge in [-0.05, 0) is 13.3 Å². The van der Waals surface area contributed by atoms with Gasteiger partial charge < -0.3 is 4.52 Å². The van der Waals surface area contributed by atoms with E-state index in [4.69, 9.17) is 4.52 Å². The largest absolute Gasteiger partial charge is 0.361 e. The fourth-order valence-corrected chi connectivity index (χ4v) is 3.04. The van der Waals surface area contributed by atoms with E-state index < -0.39 is 10.0 Å². The molecular formula is C15H24N4O3S. The monoisotopic (exact) mass is 340 g/mol. The van der Waals surface area contributed by atoms with Crippen LogP contribution in [0.1, 0.15) is 50.3 Å². The highest BCUT2D eigenvalue weighted by Crippen LogP contribution is 2.22. The van der Waals surface area contributed by atoms with Crippen molar-refractivity contribution in [3.63, 3.8) is 0 Å². The Kier molecular flexibility index (Phi) is 5.13. The summed E-state index contributed by atoms with van der Waals surface area (Å²) in [6.45, 7) is 8.82. The summed E-state index contributed by atoms with van der Waals surface area (Å²) in [6, 6.07) is 3.57. The van der Waals surface area contributed by atoms with Crippen molar-refractivity contribution < 1.29 is 12.9 Å². The Morgan fingerprint density at radius 1 is 1.35 bits per heavy atom. The second-order valence-corrected chi connectivity index (χ2v) is 7.92. The molecule has 0 unspecified atom stereocenters. The standard InChI is InChI=1S/C15H24N4O3S/c1-6-7-18-12(4)8-15(16-18)19(23(5,20)21)10-13-9-14(11(2)3)22-17-13/h8-9,11H,6-7,10H2,1-5H3. The first-order valence-electron chi connectivity index (χ1n) is 7.70. The van der Waals surface area contributed by atoms with Gasteiger partial charge in [0.05, 0.1) is 12.8 Å². The summed E-state index contributed by atoms with van der Waals surface area (Å²) >= 11 is 0. The van der Waals surface area contributed by atoms with Crippen molar-refractivity contribution >= 4 is 15.8 Å².